The molecule has 0 heterocycles. The quantitative estimate of drug-likeness (QED) is 0.259. The van der Waals surface area contributed by atoms with Gasteiger partial charge in [-0.15, -0.1) is 0 Å². The van der Waals surface area contributed by atoms with E-state index >= 15 is 0 Å². The molecule has 20 heavy (non-hydrogen) atoms. The van der Waals surface area contributed by atoms with Gasteiger partial charge in [0.15, 0.2) is 0 Å². The van der Waals surface area contributed by atoms with Crippen LogP contribution in [0.3, 0.4) is 0 Å². The molecule has 0 fully saturated rings. The van der Waals surface area contributed by atoms with Gasteiger partial charge in [-0.25, -0.2) is 0 Å². The number of carbonyl (C=O) groups excluding carboxylic acids is 2. The third-order valence-corrected chi connectivity index (χ3v) is 3.34. The molecule has 0 spiro atoms. The molecule has 4 nitrogen and oxygen atoms in total. The summed E-state index contributed by atoms with van der Waals surface area (Å²) in [6.07, 6.45) is 7.06. The summed E-state index contributed by atoms with van der Waals surface area (Å²) in [5.41, 5.74) is 0. The largest absolute Gasteiger partial charge is 0.465 e. The Kier molecular flexibility index (Phi) is 15.2. The van der Waals surface area contributed by atoms with Crippen LogP contribution in [0.1, 0.15) is 51.4 Å². The van der Waals surface area contributed by atoms with Gasteiger partial charge in [0.05, 0.1) is 0 Å². The van der Waals surface area contributed by atoms with Gasteiger partial charge in [0.2, 0.25) is 0 Å². The highest BCUT2D eigenvalue weighted by molar-refractivity contribution is 9.09. The van der Waals surface area contributed by atoms with Crippen molar-refractivity contribution < 1.29 is 19.1 Å². The lowest BCUT2D eigenvalue weighted by atomic mass is 10.1. The van der Waals surface area contributed by atoms with Crippen LogP contribution in [0.15, 0.2) is 0 Å². The van der Waals surface area contributed by atoms with Gasteiger partial charge in [-0.1, -0.05) is 57.5 Å². The Morgan fingerprint density at radius 3 is 1.35 bits per heavy atom. The van der Waals surface area contributed by atoms with Crippen molar-refractivity contribution in [2.24, 2.45) is 0 Å². The van der Waals surface area contributed by atoms with E-state index in [1.165, 1.54) is 0 Å². The molecule has 0 aromatic carbocycles. The van der Waals surface area contributed by atoms with Crippen LogP contribution >= 0.6 is 31.9 Å². The number of unbranched alkanes of at least 4 members (excludes halogenated alkanes) is 5. The van der Waals surface area contributed by atoms with Gasteiger partial charge in [-0.3, -0.25) is 9.59 Å². The average molecular weight is 416 g/mol. The fraction of sp³-hybridized carbons (Fsp3) is 0.857. The Morgan fingerprint density at radius 1 is 0.650 bits per heavy atom. The first-order chi connectivity index (χ1) is 9.70. The second-order valence-electron chi connectivity index (χ2n) is 4.44. The number of rotatable bonds is 13. The van der Waals surface area contributed by atoms with E-state index in [2.05, 4.69) is 31.9 Å². The Labute approximate surface area is 138 Å². The van der Waals surface area contributed by atoms with Crippen LogP contribution < -0.4 is 0 Å². The van der Waals surface area contributed by atoms with Gasteiger partial charge >= 0.3 is 11.9 Å². The van der Waals surface area contributed by atoms with E-state index in [4.69, 9.17) is 9.47 Å². The van der Waals surface area contributed by atoms with E-state index in [0.717, 1.165) is 38.5 Å². The maximum absolute atomic E-state index is 11.2. The Hall–Kier alpha value is -0.100. The topological polar surface area (TPSA) is 52.6 Å². The summed E-state index contributed by atoms with van der Waals surface area (Å²) in [7, 11) is 0. The van der Waals surface area contributed by atoms with Crippen LogP contribution in [0.2, 0.25) is 0 Å². The Bertz CT molecular complexity index is 234. The molecule has 0 aliphatic carbocycles. The number of carbonyl (C=O) groups is 2. The van der Waals surface area contributed by atoms with E-state index in [1.54, 1.807) is 0 Å². The molecule has 0 amide bonds. The van der Waals surface area contributed by atoms with Gasteiger partial charge in [-0.05, 0) is 12.8 Å². The highest BCUT2D eigenvalue weighted by atomic mass is 79.9. The maximum atomic E-state index is 11.2. The zero-order valence-corrected chi connectivity index (χ0v) is 15.0. The van der Waals surface area contributed by atoms with E-state index in [1.807, 2.05) is 0 Å². The summed E-state index contributed by atoms with van der Waals surface area (Å²) in [6.45, 7) is 0.897. The van der Waals surface area contributed by atoms with Crippen molar-refractivity contribution in [2.45, 2.75) is 51.4 Å². The first-order valence-electron chi connectivity index (χ1n) is 7.14. The van der Waals surface area contributed by atoms with Gasteiger partial charge in [0, 0.05) is 23.5 Å². The zero-order chi connectivity index (χ0) is 15.1. The van der Waals surface area contributed by atoms with Crippen molar-refractivity contribution in [3.8, 4) is 0 Å². The van der Waals surface area contributed by atoms with Crippen LogP contribution in [-0.4, -0.2) is 35.8 Å². The fourth-order valence-corrected chi connectivity index (χ4v) is 2.02. The minimum atomic E-state index is -0.112. The highest BCUT2D eigenvalue weighted by Crippen LogP contribution is 2.09. The predicted octanol–water partition coefficient (Wildman–Crippen LogP) is 3.98. The van der Waals surface area contributed by atoms with E-state index in [-0.39, 0.29) is 11.9 Å². The Balaban J connectivity index is 3.20. The SMILES string of the molecule is O=C(CCCCCCCCC(=O)OCCBr)OCCBr. The van der Waals surface area contributed by atoms with Crippen molar-refractivity contribution in [1.29, 1.82) is 0 Å². The van der Waals surface area contributed by atoms with Crippen LogP contribution in [-0.2, 0) is 19.1 Å². The highest BCUT2D eigenvalue weighted by Gasteiger charge is 2.03. The number of alkyl halides is 2. The second-order valence-corrected chi connectivity index (χ2v) is 6.03. The summed E-state index contributed by atoms with van der Waals surface area (Å²) >= 11 is 6.41. The first kappa shape index (κ1) is 19.9. The molecule has 0 aromatic heterocycles. The molecule has 0 N–H and O–H groups in total. The third kappa shape index (κ3) is 14.3. The van der Waals surface area contributed by atoms with Crippen LogP contribution in [0, 0.1) is 0 Å². The summed E-state index contributed by atoms with van der Waals surface area (Å²) < 4.78 is 9.91. The smallest absolute Gasteiger partial charge is 0.305 e. The average Bonchev–Trinajstić information content (AvgIpc) is 2.45. The molecule has 0 rings (SSSR count). The van der Waals surface area contributed by atoms with Crippen LogP contribution in [0.4, 0.5) is 0 Å². The predicted molar refractivity (Wildman–Crippen MR) is 86.4 cm³/mol. The molecule has 0 aliphatic rings. The molecule has 0 saturated carbocycles. The number of halogens is 2. The van der Waals surface area contributed by atoms with Crippen molar-refractivity contribution in [3.05, 3.63) is 0 Å². The lowest BCUT2D eigenvalue weighted by Gasteiger charge is -2.04. The number of hydrogen-bond donors (Lipinski definition) is 0. The van der Waals surface area contributed by atoms with Crippen LogP contribution in [0.25, 0.3) is 0 Å². The summed E-state index contributed by atoms with van der Waals surface area (Å²) in [6, 6.07) is 0. The Morgan fingerprint density at radius 2 is 1.00 bits per heavy atom. The lowest BCUT2D eigenvalue weighted by Crippen LogP contribution is -2.06. The summed E-state index contributed by atoms with van der Waals surface area (Å²) in [4.78, 5) is 22.4. The minimum absolute atomic E-state index is 0.112. The van der Waals surface area contributed by atoms with E-state index in [0.29, 0.717) is 36.7 Å². The van der Waals surface area contributed by atoms with Crippen molar-refractivity contribution in [3.63, 3.8) is 0 Å². The molecular formula is C14H24Br2O4. The van der Waals surface area contributed by atoms with Gasteiger partial charge < -0.3 is 9.47 Å². The monoisotopic (exact) mass is 414 g/mol. The maximum Gasteiger partial charge on any atom is 0.305 e. The van der Waals surface area contributed by atoms with Gasteiger partial charge in [0.25, 0.3) is 0 Å². The molecule has 0 radical (unpaired) electrons. The summed E-state index contributed by atoms with van der Waals surface area (Å²) in [5.74, 6) is -0.224. The van der Waals surface area contributed by atoms with Gasteiger partial charge in [-0.2, -0.15) is 0 Å². The molecule has 0 unspecified atom stereocenters. The first-order valence-corrected chi connectivity index (χ1v) is 9.38. The molecule has 118 valence electrons. The normalized spacial score (nSPS) is 10.3. The second kappa shape index (κ2) is 15.3. The van der Waals surface area contributed by atoms with Crippen molar-refractivity contribution in [1.82, 2.24) is 0 Å². The molecule has 0 saturated heterocycles. The number of esters is 2. The summed E-state index contributed by atoms with van der Waals surface area (Å²) in [5, 5.41) is 1.38. The standard InChI is InChI=1S/C14H24Br2O4/c15-9-11-19-13(17)7-5-3-1-2-4-6-8-14(18)20-12-10-16/h1-12H2. The molecular weight excluding hydrogens is 392 g/mol. The lowest BCUT2D eigenvalue weighted by molar-refractivity contribution is -0.144. The molecule has 6 heteroatoms. The van der Waals surface area contributed by atoms with Crippen molar-refractivity contribution >= 4 is 43.8 Å². The molecule has 0 atom stereocenters. The van der Waals surface area contributed by atoms with E-state index < -0.39 is 0 Å². The molecule has 0 aromatic rings. The fourth-order valence-electron chi connectivity index (χ4n) is 1.69. The third-order valence-electron chi connectivity index (χ3n) is 2.69. The number of ether oxygens (including phenoxy) is 2. The number of hydrogen-bond acceptors (Lipinski definition) is 4. The van der Waals surface area contributed by atoms with Gasteiger partial charge in [0.1, 0.15) is 13.2 Å². The van der Waals surface area contributed by atoms with Crippen molar-refractivity contribution in [2.75, 3.05) is 23.9 Å². The zero-order valence-electron chi connectivity index (χ0n) is 11.9. The van der Waals surface area contributed by atoms with E-state index in [9.17, 15) is 9.59 Å². The minimum Gasteiger partial charge on any atom is -0.465 e. The molecule has 0 aliphatic heterocycles. The van der Waals surface area contributed by atoms with Crippen LogP contribution in [0.5, 0.6) is 0 Å². The molecule has 0 bridgehead atoms.